The minimum atomic E-state index is -1.72. The summed E-state index contributed by atoms with van der Waals surface area (Å²) in [6, 6.07) is 0. The SMILES string of the molecule is CC(C)(C)CC(O)(Cl)C(O)Cl. The highest BCUT2D eigenvalue weighted by atomic mass is 35.5. The van der Waals surface area contributed by atoms with Crippen molar-refractivity contribution in [2.75, 3.05) is 0 Å². The van der Waals surface area contributed by atoms with Crippen molar-refractivity contribution in [3.05, 3.63) is 0 Å². The summed E-state index contributed by atoms with van der Waals surface area (Å²) in [7, 11) is 0. The van der Waals surface area contributed by atoms with Crippen molar-refractivity contribution < 1.29 is 10.2 Å². The van der Waals surface area contributed by atoms with Gasteiger partial charge in [-0.3, -0.25) is 0 Å². The summed E-state index contributed by atoms with van der Waals surface area (Å²) >= 11 is 10.8. The predicted molar refractivity (Wildman–Crippen MR) is 46.7 cm³/mol. The van der Waals surface area contributed by atoms with Crippen molar-refractivity contribution >= 4 is 23.2 Å². The van der Waals surface area contributed by atoms with Gasteiger partial charge in [-0.05, 0) is 11.8 Å². The fourth-order valence-corrected chi connectivity index (χ4v) is 1.31. The standard InChI is InChI=1S/C7H14Cl2O2/c1-6(2,3)4-7(9,11)5(8)10/h5,10-11H,4H2,1-3H3. The first kappa shape index (κ1) is 11.5. The molecule has 2 nitrogen and oxygen atoms in total. The lowest BCUT2D eigenvalue weighted by atomic mass is 9.89. The molecule has 0 amide bonds. The first-order chi connectivity index (χ1) is 4.65. The van der Waals surface area contributed by atoms with Crippen molar-refractivity contribution in [2.45, 2.75) is 37.8 Å². The first-order valence-corrected chi connectivity index (χ1v) is 4.20. The van der Waals surface area contributed by atoms with Crippen LogP contribution in [0.1, 0.15) is 27.2 Å². The molecule has 0 rings (SSSR count). The third kappa shape index (κ3) is 4.86. The van der Waals surface area contributed by atoms with Gasteiger partial charge in [0.2, 0.25) is 0 Å². The molecule has 2 atom stereocenters. The van der Waals surface area contributed by atoms with Crippen LogP contribution in [0.5, 0.6) is 0 Å². The topological polar surface area (TPSA) is 40.5 Å². The number of halogens is 2. The number of alkyl halides is 2. The summed E-state index contributed by atoms with van der Waals surface area (Å²) in [5, 5.41) is 16.4. The van der Waals surface area contributed by atoms with Gasteiger partial charge in [0, 0.05) is 0 Å². The molecule has 0 aromatic rings. The number of hydrogen-bond donors (Lipinski definition) is 2. The minimum Gasteiger partial charge on any atom is -0.373 e. The molecule has 0 saturated carbocycles. The number of rotatable bonds is 2. The zero-order chi connectivity index (χ0) is 9.28. The Morgan fingerprint density at radius 1 is 1.36 bits per heavy atom. The van der Waals surface area contributed by atoms with Crippen molar-refractivity contribution in [3.8, 4) is 0 Å². The second kappa shape index (κ2) is 3.48. The summed E-state index contributed by atoms with van der Waals surface area (Å²) in [5.41, 5.74) is -1.59. The van der Waals surface area contributed by atoms with Crippen LogP contribution in [0.4, 0.5) is 0 Å². The zero-order valence-corrected chi connectivity index (χ0v) is 8.45. The largest absolute Gasteiger partial charge is 0.373 e. The van der Waals surface area contributed by atoms with Gasteiger partial charge in [-0.1, -0.05) is 44.0 Å². The molecule has 0 saturated heterocycles. The van der Waals surface area contributed by atoms with E-state index < -0.39 is 10.6 Å². The molecule has 68 valence electrons. The van der Waals surface area contributed by atoms with Gasteiger partial charge in [0.1, 0.15) is 0 Å². The zero-order valence-electron chi connectivity index (χ0n) is 6.93. The average molecular weight is 201 g/mol. The molecule has 0 radical (unpaired) electrons. The number of aliphatic hydroxyl groups excluding tert-OH is 1. The molecule has 11 heavy (non-hydrogen) atoms. The maximum atomic E-state index is 9.31. The minimum absolute atomic E-state index is 0.160. The molecule has 0 aromatic heterocycles. The molecule has 0 aliphatic rings. The lowest BCUT2D eigenvalue weighted by Gasteiger charge is -2.29. The molecule has 0 aliphatic carbocycles. The summed E-state index contributed by atoms with van der Waals surface area (Å²) < 4.78 is 0. The normalized spacial score (nSPS) is 21.0. The van der Waals surface area contributed by atoms with Crippen molar-refractivity contribution in [3.63, 3.8) is 0 Å². The van der Waals surface area contributed by atoms with Crippen molar-refractivity contribution in [2.24, 2.45) is 5.41 Å². The van der Waals surface area contributed by atoms with Gasteiger partial charge in [-0.25, -0.2) is 0 Å². The van der Waals surface area contributed by atoms with E-state index in [0.717, 1.165) is 0 Å². The van der Waals surface area contributed by atoms with E-state index in [1.54, 1.807) is 0 Å². The van der Waals surface area contributed by atoms with Crippen LogP contribution in [0.3, 0.4) is 0 Å². The highest BCUT2D eigenvalue weighted by Gasteiger charge is 2.35. The molecule has 0 aliphatic heterocycles. The third-order valence-corrected chi connectivity index (χ3v) is 1.96. The Morgan fingerprint density at radius 2 is 1.73 bits per heavy atom. The van der Waals surface area contributed by atoms with Gasteiger partial charge in [0.15, 0.2) is 10.6 Å². The maximum absolute atomic E-state index is 9.31. The van der Waals surface area contributed by atoms with E-state index in [1.807, 2.05) is 20.8 Å². The third-order valence-electron chi connectivity index (χ3n) is 1.14. The Hall–Kier alpha value is 0.500. The molecule has 0 spiro atoms. The highest BCUT2D eigenvalue weighted by Crippen LogP contribution is 2.33. The summed E-state index contributed by atoms with van der Waals surface area (Å²) in [5.74, 6) is 0. The van der Waals surface area contributed by atoms with Crippen molar-refractivity contribution in [1.82, 2.24) is 0 Å². The summed E-state index contributed by atoms with van der Waals surface area (Å²) in [6.45, 7) is 5.71. The Labute approximate surface area is 77.1 Å². The number of aliphatic hydroxyl groups is 2. The average Bonchev–Trinajstić information content (AvgIpc) is 1.56. The quantitative estimate of drug-likeness (QED) is 0.670. The van der Waals surface area contributed by atoms with Crippen LogP contribution in [0.15, 0.2) is 0 Å². The van der Waals surface area contributed by atoms with E-state index in [9.17, 15) is 5.11 Å². The van der Waals surface area contributed by atoms with E-state index in [4.69, 9.17) is 28.3 Å². The Balaban J connectivity index is 4.13. The maximum Gasteiger partial charge on any atom is 0.179 e. The molecule has 2 N–H and O–H groups in total. The van der Waals surface area contributed by atoms with Gasteiger partial charge in [-0.15, -0.1) is 0 Å². The van der Waals surface area contributed by atoms with E-state index in [1.165, 1.54) is 0 Å². The van der Waals surface area contributed by atoms with Crippen LogP contribution in [0.25, 0.3) is 0 Å². The molecule has 0 bridgehead atoms. The molecule has 2 unspecified atom stereocenters. The van der Waals surface area contributed by atoms with E-state index in [-0.39, 0.29) is 11.8 Å². The summed E-state index contributed by atoms with van der Waals surface area (Å²) in [4.78, 5) is 0. The molecule has 0 fully saturated rings. The Morgan fingerprint density at radius 3 is 1.82 bits per heavy atom. The van der Waals surface area contributed by atoms with Gasteiger partial charge >= 0.3 is 0 Å². The fourth-order valence-electron chi connectivity index (χ4n) is 0.828. The van der Waals surface area contributed by atoms with Crippen LogP contribution < -0.4 is 0 Å². The van der Waals surface area contributed by atoms with E-state index in [0.29, 0.717) is 0 Å². The van der Waals surface area contributed by atoms with Crippen LogP contribution in [0, 0.1) is 5.41 Å². The monoisotopic (exact) mass is 200 g/mol. The van der Waals surface area contributed by atoms with Crippen LogP contribution in [-0.2, 0) is 0 Å². The summed E-state index contributed by atoms with van der Waals surface area (Å²) in [6.07, 6.45) is 0.242. The van der Waals surface area contributed by atoms with Crippen LogP contribution in [0.2, 0.25) is 0 Å². The number of hydrogen-bond acceptors (Lipinski definition) is 2. The molecular formula is C7H14Cl2O2. The van der Waals surface area contributed by atoms with E-state index >= 15 is 0 Å². The van der Waals surface area contributed by atoms with Gasteiger partial charge < -0.3 is 10.2 Å². The van der Waals surface area contributed by atoms with Gasteiger partial charge in [-0.2, -0.15) is 0 Å². The first-order valence-electron chi connectivity index (χ1n) is 3.38. The molecule has 4 heteroatoms. The second-order valence-electron chi connectivity index (χ2n) is 3.89. The van der Waals surface area contributed by atoms with Crippen LogP contribution in [-0.4, -0.2) is 20.8 Å². The van der Waals surface area contributed by atoms with Gasteiger partial charge in [0.05, 0.1) is 0 Å². The molecule has 0 heterocycles. The molecule has 0 aromatic carbocycles. The lowest BCUT2D eigenvalue weighted by Crippen LogP contribution is -2.36. The van der Waals surface area contributed by atoms with Crippen molar-refractivity contribution in [1.29, 1.82) is 0 Å². The lowest BCUT2D eigenvalue weighted by molar-refractivity contribution is 0.00368. The fraction of sp³-hybridized carbons (Fsp3) is 1.00. The predicted octanol–water partition coefficient (Wildman–Crippen LogP) is 1.91. The highest BCUT2D eigenvalue weighted by molar-refractivity contribution is 6.30. The molecular weight excluding hydrogens is 187 g/mol. The van der Waals surface area contributed by atoms with Gasteiger partial charge in [0.25, 0.3) is 0 Å². The Bertz CT molecular complexity index is 127. The second-order valence-corrected chi connectivity index (χ2v) is 4.96. The Kier molecular flexibility index (Phi) is 3.64. The van der Waals surface area contributed by atoms with E-state index in [2.05, 4.69) is 0 Å². The van der Waals surface area contributed by atoms with Crippen LogP contribution >= 0.6 is 23.2 Å². The smallest absolute Gasteiger partial charge is 0.179 e.